The van der Waals surface area contributed by atoms with Crippen molar-refractivity contribution in [1.29, 1.82) is 5.26 Å². The predicted octanol–water partition coefficient (Wildman–Crippen LogP) is 0.830. The van der Waals surface area contributed by atoms with Crippen LogP contribution in [0, 0.1) is 17.2 Å². The maximum Gasteiger partial charge on any atom is 0.0666 e. The van der Waals surface area contributed by atoms with Gasteiger partial charge in [0.2, 0.25) is 0 Å². The number of nitrogens with zero attached hydrogens (tertiary/aromatic N) is 2. The lowest BCUT2D eigenvalue weighted by atomic mass is 10.1. The molecule has 1 rings (SSSR count). The molecule has 13 heavy (non-hydrogen) atoms. The van der Waals surface area contributed by atoms with Gasteiger partial charge in [0.25, 0.3) is 0 Å². The topological polar surface area (TPSA) is 39.1 Å². The molecule has 0 aromatic carbocycles. The van der Waals surface area contributed by atoms with E-state index in [4.69, 9.17) is 5.26 Å². The summed E-state index contributed by atoms with van der Waals surface area (Å²) >= 11 is 0. The summed E-state index contributed by atoms with van der Waals surface area (Å²) in [6, 6.07) is 2.83. The molecule has 0 amide bonds. The highest BCUT2D eigenvalue weighted by Crippen LogP contribution is 2.07. The van der Waals surface area contributed by atoms with Crippen molar-refractivity contribution >= 4 is 0 Å². The molecule has 0 bridgehead atoms. The van der Waals surface area contributed by atoms with Crippen molar-refractivity contribution in [2.75, 3.05) is 26.7 Å². The average molecular weight is 181 g/mol. The standard InChI is InChI=1S/C10H19N3/c1-9(6-11)7-12-10-4-3-5-13(2)8-10/h9-10,12H,3-5,7-8H2,1-2H3. The molecule has 0 aromatic rings. The molecule has 3 nitrogen and oxygen atoms in total. The van der Waals surface area contributed by atoms with Gasteiger partial charge in [-0.05, 0) is 33.4 Å². The lowest BCUT2D eigenvalue weighted by molar-refractivity contribution is 0.225. The molecule has 0 aromatic heterocycles. The summed E-state index contributed by atoms with van der Waals surface area (Å²) in [5.74, 6) is 0.132. The van der Waals surface area contributed by atoms with Crippen LogP contribution in [0.1, 0.15) is 19.8 Å². The molecule has 3 heteroatoms. The maximum absolute atomic E-state index is 8.62. The van der Waals surface area contributed by atoms with E-state index in [1.54, 1.807) is 0 Å². The van der Waals surface area contributed by atoms with E-state index in [-0.39, 0.29) is 5.92 Å². The van der Waals surface area contributed by atoms with Crippen LogP contribution in [-0.2, 0) is 0 Å². The van der Waals surface area contributed by atoms with Crippen LogP contribution in [-0.4, -0.2) is 37.6 Å². The molecule has 1 heterocycles. The first-order valence-electron chi connectivity index (χ1n) is 5.04. The number of rotatable bonds is 3. The van der Waals surface area contributed by atoms with Gasteiger partial charge in [-0.2, -0.15) is 5.26 Å². The van der Waals surface area contributed by atoms with Crippen LogP contribution in [0.5, 0.6) is 0 Å². The van der Waals surface area contributed by atoms with E-state index in [2.05, 4.69) is 23.3 Å². The molecule has 0 aliphatic carbocycles. The molecule has 1 fully saturated rings. The minimum atomic E-state index is 0.132. The SMILES string of the molecule is CC(C#N)CNC1CCCN(C)C1. The molecule has 0 spiro atoms. The first kappa shape index (κ1) is 10.5. The van der Waals surface area contributed by atoms with Gasteiger partial charge in [0.05, 0.1) is 12.0 Å². The average Bonchev–Trinajstić information content (AvgIpc) is 2.14. The van der Waals surface area contributed by atoms with Gasteiger partial charge in [-0.25, -0.2) is 0 Å². The molecule has 0 radical (unpaired) electrons. The summed E-state index contributed by atoms with van der Waals surface area (Å²) in [6.45, 7) is 5.12. The fourth-order valence-corrected chi connectivity index (χ4v) is 1.72. The summed E-state index contributed by atoms with van der Waals surface area (Å²) < 4.78 is 0. The number of nitrogens with one attached hydrogen (secondary N) is 1. The summed E-state index contributed by atoms with van der Waals surface area (Å²) in [5.41, 5.74) is 0. The number of hydrogen-bond donors (Lipinski definition) is 1. The molecule has 1 N–H and O–H groups in total. The van der Waals surface area contributed by atoms with E-state index in [0.29, 0.717) is 6.04 Å². The zero-order valence-corrected chi connectivity index (χ0v) is 8.58. The van der Waals surface area contributed by atoms with Crippen LogP contribution >= 0.6 is 0 Å². The van der Waals surface area contributed by atoms with Crippen molar-refractivity contribution < 1.29 is 0 Å². The Morgan fingerprint density at radius 3 is 3.08 bits per heavy atom. The smallest absolute Gasteiger partial charge is 0.0666 e. The number of piperidine rings is 1. The maximum atomic E-state index is 8.62. The highest BCUT2D eigenvalue weighted by atomic mass is 15.1. The van der Waals surface area contributed by atoms with E-state index in [9.17, 15) is 0 Å². The van der Waals surface area contributed by atoms with E-state index in [1.807, 2.05) is 6.92 Å². The van der Waals surface area contributed by atoms with Crippen LogP contribution in [0.4, 0.5) is 0 Å². The predicted molar refractivity (Wildman–Crippen MR) is 53.3 cm³/mol. The van der Waals surface area contributed by atoms with Crippen LogP contribution in [0.25, 0.3) is 0 Å². The lowest BCUT2D eigenvalue weighted by Gasteiger charge is -2.30. The third-order valence-corrected chi connectivity index (χ3v) is 2.56. The van der Waals surface area contributed by atoms with Gasteiger partial charge in [-0.3, -0.25) is 0 Å². The van der Waals surface area contributed by atoms with E-state index >= 15 is 0 Å². The van der Waals surface area contributed by atoms with E-state index in [1.165, 1.54) is 19.4 Å². The minimum Gasteiger partial charge on any atom is -0.311 e. The van der Waals surface area contributed by atoms with Crippen LogP contribution in [0.15, 0.2) is 0 Å². The molecule has 1 aliphatic rings. The van der Waals surface area contributed by atoms with Gasteiger partial charge < -0.3 is 10.2 Å². The molecule has 1 saturated heterocycles. The Balaban J connectivity index is 2.17. The quantitative estimate of drug-likeness (QED) is 0.701. The molecule has 2 atom stereocenters. The Bertz CT molecular complexity index is 185. The second-order valence-electron chi connectivity index (χ2n) is 4.04. The van der Waals surface area contributed by atoms with Gasteiger partial charge in [-0.15, -0.1) is 0 Å². The zero-order valence-electron chi connectivity index (χ0n) is 8.58. The van der Waals surface area contributed by atoms with E-state index < -0.39 is 0 Å². The summed E-state index contributed by atoms with van der Waals surface area (Å²) in [6.07, 6.45) is 2.53. The fraction of sp³-hybridized carbons (Fsp3) is 0.900. The Hall–Kier alpha value is -0.590. The van der Waals surface area contributed by atoms with Gasteiger partial charge in [0.1, 0.15) is 0 Å². The van der Waals surface area contributed by atoms with Crippen molar-refractivity contribution in [3.8, 4) is 6.07 Å². The van der Waals surface area contributed by atoms with Crippen molar-refractivity contribution in [1.82, 2.24) is 10.2 Å². The largest absolute Gasteiger partial charge is 0.311 e. The van der Waals surface area contributed by atoms with Crippen LogP contribution in [0.3, 0.4) is 0 Å². The minimum absolute atomic E-state index is 0.132. The lowest BCUT2D eigenvalue weighted by Crippen LogP contribution is -2.45. The zero-order chi connectivity index (χ0) is 9.68. The number of likely N-dealkylation sites (N-methyl/N-ethyl adjacent to an activating group) is 1. The monoisotopic (exact) mass is 181 g/mol. The molecule has 2 unspecified atom stereocenters. The highest BCUT2D eigenvalue weighted by Gasteiger charge is 2.16. The summed E-state index contributed by atoms with van der Waals surface area (Å²) in [4.78, 5) is 2.35. The van der Waals surface area contributed by atoms with E-state index in [0.717, 1.165) is 13.1 Å². The van der Waals surface area contributed by atoms with Crippen LogP contribution < -0.4 is 5.32 Å². The van der Waals surface area contributed by atoms with Gasteiger partial charge in [0, 0.05) is 19.1 Å². The van der Waals surface area contributed by atoms with Crippen molar-refractivity contribution in [3.63, 3.8) is 0 Å². The number of hydrogen-bond acceptors (Lipinski definition) is 3. The van der Waals surface area contributed by atoms with Gasteiger partial charge in [-0.1, -0.05) is 0 Å². The molecular weight excluding hydrogens is 162 g/mol. The van der Waals surface area contributed by atoms with Gasteiger partial charge in [0.15, 0.2) is 0 Å². The third-order valence-electron chi connectivity index (χ3n) is 2.56. The second kappa shape index (κ2) is 5.21. The number of nitriles is 1. The molecule has 74 valence electrons. The van der Waals surface area contributed by atoms with Crippen molar-refractivity contribution in [2.24, 2.45) is 5.92 Å². The van der Waals surface area contributed by atoms with Crippen LogP contribution in [0.2, 0.25) is 0 Å². The molecular formula is C10H19N3. The van der Waals surface area contributed by atoms with Gasteiger partial charge >= 0.3 is 0 Å². The summed E-state index contributed by atoms with van der Waals surface area (Å²) in [7, 11) is 2.15. The summed E-state index contributed by atoms with van der Waals surface area (Å²) in [5, 5.41) is 12.1. The second-order valence-corrected chi connectivity index (χ2v) is 4.04. The first-order valence-corrected chi connectivity index (χ1v) is 5.04. The first-order chi connectivity index (χ1) is 6.22. The Labute approximate surface area is 80.7 Å². The molecule has 0 saturated carbocycles. The normalized spacial score (nSPS) is 26.7. The number of likely N-dealkylation sites (tertiary alicyclic amines) is 1. The Kier molecular flexibility index (Phi) is 4.20. The highest BCUT2D eigenvalue weighted by molar-refractivity contribution is 4.83. The Morgan fingerprint density at radius 1 is 1.69 bits per heavy atom. The third kappa shape index (κ3) is 3.75. The molecule has 1 aliphatic heterocycles. The fourth-order valence-electron chi connectivity index (χ4n) is 1.72. The van der Waals surface area contributed by atoms with Crippen molar-refractivity contribution in [2.45, 2.75) is 25.8 Å². The van der Waals surface area contributed by atoms with Crippen molar-refractivity contribution in [3.05, 3.63) is 0 Å². The Morgan fingerprint density at radius 2 is 2.46 bits per heavy atom.